The number of nitrogens with zero attached hydrogens (tertiary/aromatic N) is 6. The van der Waals surface area contributed by atoms with Gasteiger partial charge in [0.2, 0.25) is 5.95 Å². The molecule has 1 N–H and O–H groups in total. The molecule has 0 atom stereocenters. The van der Waals surface area contributed by atoms with E-state index in [1.807, 2.05) is 4.90 Å². The highest BCUT2D eigenvalue weighted by Gasteiger charge is 2.46. The standard InChI is InChI=1S/C10H11ClN6O/c1-16-8(4-14-15-16)10(18)5-17(6-10)9-12-2-7(11)3-13-9/h2-4,18H,5-6H2,1H3. The Balaban J connectivity index is 1.77. The number of β-amino-alcohol motifs (C(OH)–C–C–N with tert-alkyl or cyclic N) is 1. The number of aromatic nitrogens is 5. The van der Waals surface area contributed by atoms with Crippen molar-refractivity contribution in [2.24, 2.45) is 7.05 Å². The van der Waals surface area contributed by atoms with Crippen LogP contribution in [0.3, 0.4) is 0 Å². The maximum atomic E-state index is 10.4. The molecule has 0 spiro atoms. The van der Waals surface area contributed by atoms with E-state index in [4.69, 9.17) is 11.6 Å². The summed E-state index contributed by atoms with van der Waals surface area (Å²) < 4.78 is 1.57. The highest BCUT2D eigenvalue weighted by Crippen LogP contribution is 2.33. The number of rotatable bonds is 2. The number of anilines is 1. The van der Waals surface area contributed by atoms with Gasteiger partial charge >= 0.3 is 0 Å². The lowest BCUT2D eigenvalue weighted by Crippen LogP contribution is -2.60. The van der Waals surface area contributed by atoms with Crippen LogP contribution >= 0.6 is 11.6 Å². The summed E-state index contributed by atoms with van der Waals surface area (Å²) in [6.07, 6.45) is 4.64. The van der Waals surface area contributed by atoms with Gasteiger partial charge in [0.25, 0.3) is 0 Å². The van der Waals surface area contributed by atoms with E-state index in [0.29, 0.717) is 29.8 Å². The average molecular weight is 267 g/mol. The van der Waals surface area contributed by atoms with Gasteiger partial charge in [0.05, 0.1) is 42.4 Å². The molecular formula is C10H11ClN6O. The van der Waals surface area contributed by atoms with Crippen LogP contribution < -0.4 is 4.90 Å². The molecule has 1 saturated heterocycles. The second-order valence-electron chi connectivity index (χ2n) is 4.33. The number of aryl methyl sites for hydroxylation is 1. The average Bonchev–Trinajstić information content (AvgIpc) is 2.73. The summed E-state index contributed by atoms with van der Waals surface area (Å²) in [4.78, 5) is 10.1. The van der Waals surface area contributed by atoms with Gasteiger partial charge in [-0.1, -0.05) is 16.8 Å². The van der Waals surface area contributed by atoms with Crippen molar-refractivity contribution >= 4 is 17.5 Å². The fourth-order valence-electron chi connectivity index (χ4n) is 2.07. The smallest absolute Gasteiger partial charge is 0.225 e. The molecule has 1 aliphatic rings. The van der Waals surface area contributed by atoms with E-state index >= 15 is 0 Å². The summed E-state index contributed by atoms with van der Waals surface area (Å²) in [5.41, 5.74) is -0.256. The topological polar surface area (TPSA) is 80.0 Å². The monoisotopic (exact) mass is 266 g/mol. The first-order chi connectivity index (χ1) is 8.58. The Labute approximate surface area is 108 Å². The molecule has 0 amide bonds. The third-order valence-electron chi connectivity index (χ3n) is 2.99. The Morgan fingerprint density at radius 1 is 1.28 bits per heavy atom. The molecule has 0 bridgehead atoms. The first-order valence-electron chi connectivity index (χ1n) is 5.38. The molecule has 0 unspecified atom stereocenters. The zero-order valence-corrected chi connectivity index (χ0v) is 10.4. The minimum atomic E-state index is -0.943. The van der Waals surface area contributed by atoms with Gasteiger partial charge < -0.3 is 10.0 Å². The minimum absolute atomic E-state index is 0.413. The van der Waals surface area contributed by atoms with Crippen LogP contribution in [0.25, 0.3) is 0 Å². The van der Waals surface area contributed by atoms with Gasteiger partial charge in [-0.05, 0) is 0 Å². The summed E-state index contributed by atoms with van der Waals surface area (Å²) >= 11 is 5.72. The van der Waals surface area contributed by atoms with Crippen molar-refractivity contribution in [1.29, 1.82) is 0 Å². The Morgan fingerprint density at radius 3 is 2.50 bits per heavy atom. The van der Waals surface area contributed by atoms with Crippen molar-refractivity contribution in [3.05, 3.63) is 29.3 Å². The molecule has 0 saturated carbocycles. The van der Waals surface area contributed by atoms with Crippen LogP contribution in [0.5, 0.6) is 0 Å². The van der Waals surface area contributed by atoms with E-state index in [9.17, 15) is 5.11 Å². The minimum Gasteiger partial charge on any atom is -0.380 e. The molecule has 2 aromatic rings. The normalized spacial score (nSPS) is 17.6. The lowest BCUT2D eigenvalue weighted by molar-refractivity contribution is -0.00100. The predicted octanol–water partition coefficient (Wildman–Crippen LogP) is -0.0337. The van der Waals surface area contributed by atoms with E-state index in [1.54, 1.807) is 17.9 Å². The summed E-state index contributed by atoms with van der Waals surface area (Å²) in [6.45, 7) is 0.825. The van der Waals surface area contributed by atoms with Crippen molar-refractivity contribution < 1.29 is 5.11 Å². The van der Waals surface area contributed by atoms with E-state index in [1.165, 1.54) is 12.4 Å². The number of aliphatic hydroxyl groups is 1. The Bertz CT molecular complexity index is 562. The highest BCUT2D eigenvalue weighted by molar-refractivity contribution is 6.30. The molecular weight excluding hydrogens is 256 g/mol. The van der Waals surface area contributed by atoms with Gasteiger partial charge in [-0.25, -0.2) is 14.6 Å². The van der Waals surface area contributed by atoms with Crippen LogP contribution in [0.15, 0.2) is 18.6 Å². The number of hydrogen-bond donors (Lipinski definition) is 1. The fourth-order valence-corrected chi connectivity index (χ4v) is 2.17. The molecule has 18 heavy (non-hydrogen) atoms. The van der Waals surface area contributed by atoms with E-state index in [-0.39, 0.29) is 0 Å². The van der Waals surface area contributed by atoms with Gasteiger partial charge in [0.15, 0.2) is 0 Å². The largest absolute Gasteiger partial charge is 0.380 e. The predicted molar refractivity (Wildman–Crippen MR) is 64.2 cm³/mol. The summed E-state index contributed by atoms with van der Waals surface area (Å²) in [6, 6.07) is 0. The maximum Gasteiger partial charge on any atom is 0.225 e. The Morgan fingerprint density at radius 2 is 1.94 bits per heavy atom. The molecule has 0 aliphatic carbocycles. The van der Waals surface area contributed by atoms with Gasteiger partial charge in [0, 0.05) is 7.05 Å². The quantitative estimate of drug-likeness (QED) is 0.822. The first-order valence-corrected chi connectivity index (χ1v) is 5.76. The third-order valence-corrected chi connectivity index (χ3v) is 3.18. The van der Waals surface area contributed by atoms with Crippen LogP contribution in [0.2, 0.25) is 5.02 Å². The fraction of sp³-hybridized carbons (Fsp3) is 0.400. The highest BCUT2D eigenvalue weighted by atomic mass is 35.5. The lowest BCUT2D eigenvalue weighted by Gasteiger charge is -2.45. The van der Waals surface area contributed by atoms with Crippen molar-refractivity contribution in [3.8, 4) is 0 Å². The summed E-state index contributed by atoms with van der Waals surface area (Å²) in [7, 11) is 1.75. The van der Waals surface area contributed by atoms with Crippen molar-refractivity contribution in [1.82, 2.24) is 25.0 Å². The number of halogens is 1. The van der Waals surface area contributed by atoms with E-state index in [2.05, 4.69) is 20.3 Å². The van der Waals surface area contributed by atoms with E-state index in [0.717, 1.165) is 0 Å². The van der Waals surface area contributed by atoms with E-state index < -0.39 is 5.60 Å². The molecule has 1 aliphatic heterocycles. The molecule has 8 heteroatoms. The molecule has 7 nitrogen and oxygen atoms in total. The van der Waals surface area contributed by atoms with Gasteiger partial charge in [0.1, 0.15) is 5.60 Å². The zero-order chi connectivity index (χ0) is 12.8. The first kappa shape index (κ1) is 11.4. The van der Waals surface area contributed by atoms with Crippen LogP contribution in [-0.2, 0) is 12.6 Å². The molecule has 3 heterocycles. The molecule has 3 rings (SSSR count). The molecule has 2 aromatic heterocycles. The molecule has 94 valence electrons. The Kier molecular flexibility index (Phi) is 2.46. The second kappa shape index (κ2) is 3.89. The van der Waals surface area contributed by atoms with Gasteiger partial charge in [-0.15, -0.1) is 5.10 Å². The molecule has 1 fully saturated rings. The number of hydrogen-bond acceptors (Lipinski definition) is 6. The lowest BCUT2D eigenvalue weighted by atomic mass is 9.91. The van der Waals surface area contributed by atoms with Crippen LogP contribution in [0.1, 0.15) is 5.69 Å². The van der Waals surface area contributed by atoms with Crippen molar-refractivity contribution in [2.75, 3.05) is 18.0 Å². The maximum absolute atomic E-state index is 10.4. The summed E-state index contributed by atoms with van der Waals surface area (Å²) in [5.74, 6) is 0.555. The van der Waals surface area contributed by atoms with Crippen LogP contribution in [-0.4, -0.2) is 43.2 Å². The summed E-state index contributed by atoms with van der Waals surface area (Å²) in [5, 5.41) is 18.5. The SMILES string of the molecule is Cn1nncc1C1(O)CN(c2ncc(Cl)cn2)C1. The van der Waals surface area contributed by atoms with Gasteiger partial charge in [-0.2, -0.15) is 0 Å². The van der Waals surface area contributed by atoms with Crippen molar-refractivity contribution in [3.63, 3.8) is 0 Å². The molecule has 0 radical (unpaired) electrons. The van der Waals surface area contributed by atoms with Crippen LogP contribution in [0, 0.1) is 0 Å². The molecule has 0 aromatic carbocycles. The second-order valence-corrected chi connectivity index (χ2v) is 4.77. The Hall–Kier alpha value is -1.73. The van der Waals surface area contributed by atoms with Crippen molar-refractivity contribution in [2.45, 2.75) is 5.60 Å². The zero-order valence-electron chi connectivity index (χ0n) is 9.65. The third kappa shape index (κ3) is 1.72. The van der Waals surface area contributed by atoms with Gasteiger partial charge in [-0.3, -0.25) is 0 Å². The van der Waals surface area contributed by atoms with Crippen LogP contribution in [0.4, 0.5) is 5.95 Å².